The van der Waals surface area contributed by atoms with Crippen molar-refractivity contribution in [3.05, 3.63) is 64.4 Å². The van der Waals surface area contributed by atoms with Crippen molar-refractivity contribution in [3.8, 4) is 6.07 Å². The van der Waals surface area contributed by atoms with Gasteiger partial charge in [-0.2, -0.15) is 10.4 Å². The molecule has 2 aromatic heterocycles. The van der Waals surface area contributed by atoms with Crippen LogP contribution in [0.2, 0.25) is 0 Å². The number of hydrogen-bond donors (Lipinski definition) is 1. The fraction of sp³-hybridized carbons (Fsp3) is 0.222. The number of nitrogens with zero attached hydrogens (tertiary/aromatic N) is 4. The van der Waals surface area contributed by atoms with Gasteiger partial charge in [-0.15, -0.1) is 0 Å². The number of aryl methyl sites for hydroxylation is 2. The lowest BCUT2D eigenvalue weighted by atomic mass is 10.1. The van der Waals surface area contributed by atoms with Gasteiger partial charge in [0.15, 0.2) is 5.76 Å². The minimum Gasteiger partial charge on any atom is -0.360 e. The number of benzene rings is 1. The summed E-state index contributed by atoms with van der Waals surface area (Å²) in [6.45, 7) is 3.59. The summed E-state index contributed by atoms with van der Waals surface area (Å²) in [6.07, 6.45) is 1.49. The molecule has 132 valence electrons. The van der Waals surface area contributed by atoms with Gasteiger partial charge in [0.25, 0.3) is 0 Å². The average molecular weight is 353 g/mol. The molecule has 0 saturated heterocycles. The zero-order valence-corrected chi connectivity index (χ0v) is 14.3. The first-order chi connectivity index (χ1) is 12.5. The van der Waals surface area contributed by atoms with E-state index in [-0.39, 0.29) is 35.9 Å². The third-order valence-electron chi connectivity index (χ3n) is 3.93. The normalized spacial score (nSPS) is 10.5. The third-order valence-corrected chi connectivity index (χ3v) is 3.93. The highest BCUT2D eigenvalue weighted by Crippen LogP contribution is 2.18. The second-order valence-corrected chi connectivity index (χ2v) is 5.82. The van der Waals surface area contributed by atoms with E-state index >= 15 is 0 Å². The van der Waals surface area contributed by atoms with Gasteiger partial charge in [-0.25, -0.2) is 9.07 Å². The lowest BCUT2D eigenvalue weighted by molar-refractivity contribution is -0.115. The zero-order chi connectivity index (χ0) is 18.7. The smallest absolute Gasteiger partial charge is 0.231 e. The van der Waals surface area contributed by atoms with E-state index in [1.807, 2.05) is 6.07 Å². The topological polar surface area (TPSA) is 96.7 Å². The first-order valence-corrected chi connectivity index (χ1v) is 7.90. The molecular weight excluding hydrogens is 337 g/mol. The van der Waals surface area contributed by atoms with Crippen LogP contribution in [-0.2, 0) is 17.8 Å². The van der Waals surface area contributed by atoms with E-state index in [4.69, 9.17) is 9.78 Å². The van der Waals surface area contributed by atoms with Crippen LogP contribution >= 0.6 is 0 Å². The molecule has 1 N–H and O–H groups in total. The highest BCUT2D eigenvalue weighted by molar-refractivity contribution is 5.92. The number of amides is 1. The van der Waals surface area contributed by atoms with Crippen molar-refractivity contribution in [2.24, 2.45) is 0 Å². The maximum absolute atomic E-state index is 13.9. The van der Waals surface area contributed by atoms with Gasteiger partial charge < -0.3 is 9.84 Å². The number of aromatic nitrogens is 3. The number of nitrogens with one attached hydrogen (secondary N) is 1. The number of carbonyl (C=O) groups excluding carboxylic acids is 1. The van der Waals surface area contributed by atoms with E-state index in [0.29, 0.717) is 17.1 Å². The first-order valence-electron chi connectivity index (χ1n) is 7.90. The number of carbonyl (C=O) groups is 1. The molecule has 3 rings (SSSR count). The molecule has 1 amide bonds. The van der Waals surface area contributed by atoms with Crippen molar-refractivity contribution in [2.75, 3.05) is 5.32 Å². The number of halogens is 1. The van der Waals surface area contributed by atoms with Gasteiger partial charge in [0.1, 0.15) is 29.0 Å². The maximum atomic E-state index is 13.9. The lowest BCUT2D eigenvalue weighted by Gasteiger charge is -2.10. The molecule has 26 heavy (non-hydrogen) atoms. The quantitative estimate of drug-likeness (QED) is 0.761. The molecule has 7 nitrogen and oxygen atoms in total. The van der Waals surface area contributed by atoms with Crippen LogP contribution < -0.4 is 5.32 Å². The van der Waals surface area contributed by atoms with Crippen LogP contribution in [0.4, 0.5) is 10.2 Å². The van der Waals surface area contributed by atoms with Crippen LogP contribution in [0.25, 0.3) is 0 Å². The second kappa shape index (κ2) is 7.19. The third kappa shape index (κ3) is 3.47. The van der Waals surface area contributed by atoms with E-state index in [1.54, 1.807) is 38.2 Å². The standard InChI is InChI=1S/C18H16FN5O2/c1-11-9-21-24(10-13-5-3-4-6-15(13)19)18(11)22-17(25)7-16-14(8-20)12(2)26-23-16/h3-6,9H,7,10H2,1-2H3,(H,22,25). The minimum absolute atomic E-state index is 0.107. The van der Waals surface area contributed by atoms with E-state index in [1.165, 1.54) is 10.7 Å². The molecule has 3 aromatic rings. The van der Waals surface area contributed by atoms with Crippen molar-refractivity contribution in [2.45, 2.75) is 26.8 Å². The molecule has 0 unspecified atom stereocenters. The van der Waals surface area contributed by atoms with E-state index in [9.17, 15) is 9.18 Å². The molecule has 2 heterocycles. The van der Waals surface area contributed by atoms with Crippen LogP contribution in [0, 0.1) is 31.0 Å². The number of hydrogen-bond acceptors (Lipinski definition) is 5. The van der Waals surface area contributed by atoms with Crippen molar-refractivity contribution < 1.29 is 13.7 Å². The SMILES string of the molecule is Cc1cnn(Cc2ccccc2F)c1NC(=O)Cc1noc(C)c1C#N. The van der Waals surface area contributed by atoms with Gasteiger partial charge in [-0.05, 0) is 19.9 Å². The summed E-state index contributed by atoms with van der Waals surface area (Å²) < 4.78 is 20.3. The highest BCUT2D eigenvalue weighted by atomic mass is 19.1. The van der Waals surface area contributed by atoms with Crippen molar-refractivity contribution >= 4 is 11.7 Å². The molecule has 0 radical (unpaired) electrons. The summed E-state index contributed by atoms with van der Waals surface area (Å²) >= 11 is 0. The van der Waals surface area contributed by atoms with Crippen molar-refractivity contribution in [1.29, 1.82) is 5.26 Å². The summed E-state index contributed by atoms with van der Waals surface area (Å²) in [7, 11) is 0. The fourth-order valence-electron chi connectivity index (χ4n) is 2.56. The van der Waals surface area contributed by atoms with Crippen molar-refractivity contribution in [1.82, 2.24) is 14.9 Å². The summed E-state index contributed by atoms with van der Waals surface area (Å²) in [4.78, 5) is 12.4. The van der Waals surface area contributed by atoms with Crippen LogP contribution in [0.5, 0.6) is 0 Å². The van der Waals surface area contributed by atoms with Gasteiger partial charge in [-0.1, -0.05) is 23.4 Å². The maximum Gasteiger partial charge on any atom is 0.231 e. The Hall–Kier alpha value is -3.47. The Morgan fingerprint density at radius 2 is 2.15 bits per heavy atom. The Bertz CT molecular complexity index is 999. The first kappa shape index (κ1) is 17.4. The van der Waals surface area contributed by atoms with Gasteiger partial charge in [0.05, 0.1) is 19.2 Å². The summed E-state index contributed by atoms with van der Waals surface area (Å²) in [5, 5.41) is 19.8. The molecule has 0 fully saturated rings. The molecule has 0 bridgehead atoms. The summed E-state index contributed by atoms with van der Waals surface area (Å²) in [6, 6.07) is 8.36. The molecule has 0 atom stereocenters. The predicted molar refractivity (Wildman–Crippen MR) is 90.8 cm³/mol. The molecular formula is C18H16FN5O2. The number of anilines is 1. The van der Waals surface area contributed by atoms with Crippen LogP contribution in [0.15, 0.2) is 35.0 Å². The Kier molecular flexibility index (Phi) is 4.80. The molecule has 0 aliphatic carbocycles. The number of nitriles is 1. The van der Waals surface area contributed by atoms with E-state index in [2.05, 4.69) is 15.6 Å². The lowest BCUT2D eigenvalue weighted by Crippen LogP contribution is -2.19. The zero-order valence-electron chi connectivity index (χ0n) is 14.3. The van der Waals surface area contributed by atoms with E-state index in [0.717, 1.165) is 5.56 Å². The Labute approximate surface area is 149 Å². The van der Waals surface area contributed by atoms with Crippen LogP contribution in [0.1, 0.15) is 28.1 Å². The molecule has 0 aliphatic heterocycles. The van der Waals surface area contributed by atoms with Gasteiger partial charge in [0, 0.05) is 11.1 Å². The molecule has 0 saturated carbocycles. The largest absolute Gasteiger partial charge is 0.360 e. The van der Waals surface area contributed by atoms with Gasteiger partial charge in [-0.3, -0.25) is 4.79 Å². The second-order valence-electron chi connectivity index (χ2n) is 5.82. The monoisotopic (exact) mass is 353 g/mol. The van der Waals surface area contributed by atoms with Crippen molar-refractivity contribution in [3.63, 3.8) is 0 Å². The molecule has 1 aromatic carbocycles. The van der Waals surface area contributed by atoms with E-state index < -0.39 is 0 Å². The summed E-state index contributed by atoms with van der Waals surface area (Å²) in [5.74, 6) is 0.135. The Morgan fingerprint density at radius 1 is 1.38 bits per heavy atom. The summed E-state index contributed by atoms with van der Waals surface area (Å²) in [5.41, 5.74) is 1.74. The van der Waals surface area contributed by atoms with Crippen LogP contribution in [-0.4, -0.2) is 20.8 Å². The molecule has 0 aliphatic rings. The van der Waals surface area contributed by atoms with Gasteiger partial charge >= 0.3 is 0 Å². The molecule has 0 spiro atoms. The minimum atomic E-state index is -0.367. The molecule has 8 heteroatoms. The highest BCUT2D eigenvalue weighted by Gasteiger charge is 2.18. The average Bonchev–Trinajstić information content (AvgIpc) is 3.13. The Morgan fingerprint density at radius 3 is 2.88 bits per heavy atom. The van der Waals surface area contributed by atoms with Gasteiger partial charge in [0.2, 0.25) is 5.91 Å². The fourth-order valence-corrected chi connectivity index (χ4v) is 2.56. The predicted octanol–water partition coefficient (Wildman–Crippen LogP) is 2.73. The number of rotatable bonds is 5. The van der Waals surface area contributed by atoms with Crippen LogP contribution in [0.3, 0.4) is 0 Å². The Balaban J connectivity index is 1.78.